The molecule has 5 heteroatoms. The Kier molecular flexibility index (Phi) is 23.4. The van der Waals surface area contributed by atoms with Gasteiger partial charge in [0.15, 0.2) is 0 Å². The van der Waals surface area contributed by atoms with Gasteiger partial charge in [0.2, 0.25) is 0 Å². The summed E-state index contributed by atoms with van der Waals surface area (Å²) in [5.41, 5.74) is 0. The van der Waals surface area contributed by atoms with Gasteiger partial charge < -0.3 is 19.8 Å². The van der Waals surface area contributed by atoms with Crippen molar-refractivity contribution in [1.82, 2.24) is 0 Å². The molecular weight excluding hydrogens is 152 g/mol. The van der Waals surface area contributed by atoms with Crippen LogP contribution in [0, 0.1) is 6.58 Å². The fourth-order valence-corrected chi connectivity index (χ4v) is 0. The molecule has 0 aliphatic heterocycles. The first-order valence-corrected chi connectivity index (χ1v) is 2.27. The maximum atomic E-state index is 8.89. The van der Waals surface area contributed by atoms with Crippen LogP contribution in [0.2, 0.25) is 0 Å². The van der Waals surface area contributed by atoms with E-state index in [9.17, 15) is 0 Å². The van der Waals surface area contributed by atoms with E-state index >= 15 is 0 Å². The molecule has 0 saturated carbocycles. The van der Waals surface area contributed by atoms with Crippen molar-refractivity contribution in [2.45, 2.75) is 13.8 Å². The summed E-state index contributed by atoms with van der Waals surface area (Å²) in [5.74, 6) is -1.42. The van der Waals surface area contributed by atoms with Gasteiger partial charge in [-0.15, -0.1) is 0 Å². The SMILES string of the molecule is CC(=O)[O-].CC(=O)[O-].[C+2]=C=O. The van der Waals surface area contributed by atoms with Gasteiger partial charge in [-0.3, -0.25) is 0 Å². The van der Waals surface area contributed by atoms with Gasteiger partial charge in [0.1, 0.15) is 0 Å². The topological polar surface area (TPSA) is 97.3 Å². The van der Waals surface area contributed by atoms with Crippen molar-refractivity contribution in [3.63, 3.8) is 0 Å². The molecule has 0 heterocycles. The van der Waals surface area contributed by atoms with Crippen molar-refractivity contribution >= 4 is 17.9 Å². The Hall–Kier alpha value is -1.48. The first-order valence-electron chi connectivity index (χ1n) is 2.27. The molecule has 0 aliphatic rings. The minimum atomic E-state index is -1.08. The van der Waals surface area contributed by atoms with Crippen molar-refractivity contribution in [1.29, 1.82) is 0 Å². The van der Waals surface area contributed by atoms with Gasteiger partial charge in [-0.25, -0.2) is 0 Å². The third-order valence-electron chi connectivity index (χ3n) is 0. The maximum absolute atomic E-state index is 8.89. The van der Waals surface area contributed by atoms with Crippen molar-refractivity contribution in [2.24, 2.45) is 0 Å². The molecule has 0 saturated heterocycles. The van der Waals surface area contributed by atoms with Gasteiger partial charge in [0, 0.05) is 11.9 Å². The number of carboxylic acids is 2. The summed E-state index contributed by atoms with van der Waals surface area (Å²) in [6, 6.07) is 0. The Morgan fingerprint density at radius 1 is 1.18 bits per heavy atom. The van der Waals surface area contributed by atoms with E-state index < -0.39 is 11.9 Å². The summed E-state index contributed by atoms with van der Waals surface area (Å²) in [7, 11) is 0. The van der Waals surface area contributed by atoms with E-state index in [1.165, 1.54) is 0 Å². The second kappa shape index (κ2) is 15.8. The number of hydrogen-bond acceptors (Lipinski definition) is 5. The zero-order valence-corrected chi connectivity index (χ0v) is 6.04. The average molecular weight is 158 g/mol. The molecule has 0 atom stereocenters. The Morgan fingerprint density at radius 2 is 1.18 bits per heavy atom. The summed E-state index contributed by atoms with van der Waals surface area (Å²) in [6.45, 7) is 7.35. The van der Waals surface area contributed by atoms with Crippen LogP contribution < -0.4 is 10.2 Å². The monoisotopic (exact) mass is 158 g/mol. The summed E-state index contributed by atoms with van der Waals surface area (Å²) in [5, 5.41) is 17.8. The van der Waals surface area contributed by atoms with Crippen LogP contribution in [0.1, 0.15) is 13.8 Å². The van der Waals surface area contributed by atoms with E-state index in [4.69, 9.17) is 31.2 Å². The number of hydrogen-bond donors (Lipinski definition) is 0. The summed E-state index contributed by atoms with van der Waals surface area (Å²) >= 11 is 0. The van der Waals surface area contributed by atoms with Gasteiger partial charge >= 0.3 is 17.3 Å². The van der Waals surface area contributed by atoms with E-state index in [1.807, 2.05) is 0 Å². The van der Waals surface area contributed by atoms with Crippen molar-refractivity contribution in [3.8, 4) is 0 Å². The molecule has 0 rings (SSSR count). The van der Waals surface area contributed by atoms with Gasteiger partial charge in [0.05, 0.1) is 0 Å². The van der Waals surface area contributed by atoms with E-state index in [1.54, 1.807) is 0 Å². The molecule has 0 aromatic rings. The Labute approximate surface area is 64.0 Å². The van der Waals surface area contributed by atoms with Crippen LogP contribution in [0.5, 0.6) is 0 Å². The number of carbonyl (C=O) groups excluding carboxylic acids is 3. The Bertz CT molecular complexity index is 123. The number of aliphatic carboxylic acids is 2. The number of rotatable bonds is 0. The fraction of sp³-hybridized carbons (Fsp3) is 0.333. The molecule has 0 amide bonds. The van der Waals surface area contributed by atoms with Crippen LogP contribution in [-0.2, 0) is 14.4 Å². The fourth-order valence-electron chi connectivity index (χ4n) is 0. The molecule has 0 radical (unpaired) electrons. The standard InChI is InChI=1S/2C2H4O2.C2O/c2*1-2(3)4;1-2-3/h2*1H3,(H,3,4);/q;;+2/p-2. The molecule has 0 spiro atoms. The summed E-state index contributed by atoms with van der Waals surface area (Å²) in [4.78, 5) is 26.1. The number of carbonyl (C=O) groups is 2. The van der Waals surface area contributed by atoms with Gasteiger partial charge in [-0.05, 0) is 13.8 Å². The van der Waals surface area contributed by atoms with Crippen LogP contribution in [0.3, 0.4) is 0 Å². The molecule has 0 aromatic heterocycles. The quantitative estimate of drug-likeness (QED) is 0.354. The molecule has 0 unspecified atom stereocenters. The molecule has 5 nitrogen and oxygen atoms in total. The zero-order valence-electron chi connectivity index (χ0n) is 6.04. The molecule has 60 valence electrons. The van der Waals surface area contributed by atoms with Gasteiger partial charge in [-0.1, -0.05) is 0 Å². The molecular formula is C6H6O5. The van der Waals surface area contributed by atoms with Crippen LogP contribution in [-0.4, -0.2) is 17.9 Å². The van der Waals surface area contributed by atoms with Gasteiger partial charge in [0.25, 0.3) is 0 Å². The number of carboxylic acid groups (broad SMARTS) is 2. The molecule has 0 N–H and O–H groups in total. The predicted molar refractivity (Wildman–Crippen MR) is 30.3 cm³/mol. The average Bonchev–Trinajstić information content (AvgIpc) is 1.60. The first kappa shape index (κ1) is 16.3. The van der Waals surface area contributed by atoms with E-state index in [0.29, 0.717) is 0 Å². The predicted octanol–water partition coefficient (Wildman–Crippen LogP) is -2.80. The van der Waals surface area contributed by atoms with Crippen LogP contribution in [0.15, 0.2) is 0 Å². The molecule has 0 fully saturated rings. The summed E-state index contributed by atoms with van der Waals surface area (Å²) < 4.78 is 0. The minimum absolute atomic E-state index is 0.750. The summed E-state index contributed by atoms with van der Waals surface area (Å²) in [6.07, 6.45) is 0. The van der Waals surface area contributed by atoms with Gasteiger partial charge in [-0.2, -0.15) is 0 Å². The van der Waals surface area contributed by atoms with E-state index in [0.717, 1.165) is 19.8 Å². The molecule has 0 aliphatic carbocycles. The zero-order chi connectivity index (χ0) is 9.86. The van der Waals surface area contributed by atoms with Crippen molar-refractivity contribution < 1.29 is 24.6 Å². The molecule has 0 bridgehead atoms. The van der Waals surface area contributed by atoms with Crippen molar-refractivity contribution in [2.75, 3.05) is 0 Å². The normalized spacial score (nSPS) is 5.45. The Balaban J connectivity index is -0.0000000886. The third kappa shape index (κ3) is 165. The molecule has 0 aromatic carbocycles. The van der Waals surface area contributed by atoms with Crippen molar-refractivity contribution in [3.05, 3.63) is 6.58 Å². The van der Waals surface area contributed by atoms with Crippen LogP contribution >= 0.6 is 0 Å². The third-order valence-corrected chi connectivity index (χ3v) is 0. The molecule has 11 heavy (non-hydrogen) atoms. The Morgan fingerprint density at radius 3 is 1.18 bits per heavy atom. The second-order valence-corrected chi connectivity index (χ2v) is 1.09. The van der Waals surface area contributed by atoms with Crippen LogP contribution in [0.25, 0.3) is 0 Å². The second-order valence-electron chi connectivity index (χ2n) is 1.09. The first-order chi connectivity index (χ1) is 4.88. The van der Waals surface area contributed by atoms with E-state index in [2.05, 4.69) is 0 Å². The van der Waals surface area contributed by atoms with E-state index in [-0.39, 0.29) is 0 Å². The van der Waals surface area contributed by atoms with Crippen LogP contribution in [0.4, 0.5) is 0 Å².